The molecule has 2 rings (SSSR count). The van der Waals surface area contributed by atoms with Crippen molar-refractivity contribution in [3.05, 3.63) is 11.9 Å². The Balaban J connectivity index is 2.04. The van der Waals surface area contributed by atoms with Crippen molar-refractivity contribution in [1.82, 2.24) is 15.1 Å². The number of amides is 1. The smallest absolute Gasteiger partial charge is 0.274 e. The van der Waals surface area contributed by atoms with Crippen LogP contribution in [-0.2, 0) is 6.54 Å². The van der Waals surface area contributed by atoms with Gasteiger partial charge in [-0.3, -0.25) is 9.48 Å². The van der Waals surface area contributed by atoms with E-state index in [0.29, 0.717) is 17.3 Å². The summed E-state index contributed by atoms with van der Waals surface area (Å²) in [5.41, 5.74) is 6.66. The van der Waals surface area contributed by atoms with E-state index in [4.69, 9.17) is 5.73 Å². The minimum atomic E-state index is -0.136. The molecular formula is C14H24N4O. The summed E-state index contributed by atoms with van der Waals surface area (Å²) in [6, 6.07) is 0.251. The SMILES string of the molecule is CCn1cc(N)c(C(=O)NC2CCCCCC2C)n1. The molecular weight excluding hydrogens is 240 g/mol. The number of rotatable bonds is 3. The molecule has 1 aliphatic carbocycles. The molecule has 19 heavy (non-hydrogen) atoms. The predicted molar refractivity (Wildman–Crippen MR) is 75.8 cm³/mol. The topological polar surface area (TPSA) is 72.9 Å². The molecule has 5 nitrogen and oxygen atoms in total. The third-order valence-electron chi connectivity index (χ3n) is 4.01. The van der Waals surface area contributed by atoms with Crippen molar-refractivity contribution in [2.24, 2.45) is 5.92 Å². The molecule has 1 amide bonds. The zero-order chi connectivity index (χ0) is 13.8. The van der Waals surface area contributed by atoms with Crippen LogP contribution < -0.4 is 11.1 Å². The van der Waals surface area contributed by atoms with Crippen LogP contribution >= 0.6 is 0 Å². The Morgan fingerprint density at radius 2 is 2.21 bits per heavy atom. The van der Waals surface area contributed by atoms with E-state index in [1.165, 1.54) is 25.7 Å². The highest BCUT2D eigenvalue weighted by Gasteiger charge is 2.24. The van der Waals surface area contributed by atoms with Crippen LogP contribution in [-0.4, -0.2) is 21.7 Å². The highest BCUT2D eigenvalue weighted by atomic mass is 16.2. The molecule has 106 valence electrons. The number of nitrogens with two attached hydrogens (primary N) is 1. The second-order valence-electron chi connectivity index (χ2n) is 5.48. The maximum atomic E-state index is 12.3. The van der Waals surface area contributed by atoms with Gasteiger partial charge in [-0.25, -0.2) is 0 Å². The average Bonchev–Trinajstić information content (AvgIpc) is 2.66. The van der Waals surface area contributed by atoms with E-state index in [-0.39, 0.29) is 11.9 Å². The van der Waals surface area contributed by atoms with E-state index < -0.39 is 0 Å². The Labute approximate surface area is 114 Å². The molecule has 5 heteroatoms. The minimum absolute atomic E-state index is 0.136. The van der Waals surface area contributed by atoms with Gasteiger partial charge in [0.1, 0.15) is 0 Å². The molecule has 1 aliphatic rings. The normalized spacial score (nSPS) is 23.9. The molecule has 1 heterocycles. The van der Waals surface area contributed by atoms with E-state index in [0.717, 1.165) is 13.0 Å². The molecule has 0 aromatic carbocycles. The van der Waals surface area contributed by atoms with Crippen molar-refractivity contribution < 1.29 is 4.79 Å². The fraction of sp³-hybridized carbons (Fsp3) is 0.714. The lowest BCUT2D eigenvalue weighted by molar-refractivity contribution is 0.0916. The van der Waals surface area contributed by atoms with Crippen LogP contribution in [0.2, 0.25) is 0 Å². The molecule has 2 atom stereocenters. The third-order valence-corrected chi connectivity index (χ3v) is 4.01. The van der Waals surface area contributed by atoms with Gasteiger partial charge in [-0.1, -0.05) is 26.2 Å². The number of carbonyl (C=O) groups is 1. The van der Waals surface area contributed by atoms with Gasteiger partial charge >= 0.3 is 0 Å². The number of hydrogen-bond donors (Lipinski definition) is 2. The van der Waals surface area contributed by atoms with Crippen molar-refractivity contribution in [3.63, 3.8) is 0 Å². The molecule has 1 aromatic rings. The van der Waals surface area contributed by atoms with E-state index in [1.807, 2.05) is 6.92 Å². The van der Waals surface area contributed by atoms with Gasteiger partial charge in [0.25, 0.3) is 5.91 Å². The first kappa shape index (κ1) is 13.9. The van der Waals surface area contributed by atoms with Crippen LogP contribution in [0.4, 0.5) is 5.69 Å². The second-order valence-corrected chi connectivity index (χ2v) is 5.48. The first-order chi connectivity index (χ1) is 9.11. The molecule has 1 fully saturated rings. The lowest BCUT2D eigenvalue weighted by Gasteiger charge is -2.22. The molecule has 1 saturated carbocycles. The van der Waals surface area contributed by atoms with E-state index >= 15 is 0 Å². The van der Waals surface area contributed by atoms with Gasteiger partial charge in [0, 0.05) is 18.8 Å². The van der Waals surface area contributed by atoms with E-state index in [9.17, 15) is 4.79 Å². The molecule has 1 aromatic heterocycles. The van der Waals surface area contributed by atoms with Crippen LogP contribution in [0.25, 0.3) is 0 Å². The maximum Gasteiger partial charge on any atom is 0.274 e. The summed E-state index contributed by atoms with van der Waals surface area (Å²) in [6.07, 6.45) is 7.67. The van der Waals surface area contributed by atoms with Crippen LogP contribution in [0.5, 0.6) is 0 Å². The van der Waals surface area contributed by atoms with Crippen molar-refractivity contribution in [3.8, 4) is 0 Å². The molecule has 0 radical (unpaired) electrons. The van der Waals surface area contributed by atoms with Gasteiger partial charge in [0.2, 0.25) is 0 Å². The van der Waals surface area contributed by atoms with Gasteiger partial charge in [-0.2, -0.15) is 5.10 Å². The first-order valence-corrected chi connectivity index (χ1v) is 7.25. The van der Waals surface area contributed by atoms with Crippen molar-refractivity contribution in [1.29, 1.82) is 0 Å². The highest BCUT2D eigenvalue weighted by molar-refractivity contribution is 5.97. The fourth-order valence-corrected chi connectivity index (χ4v) is 2.72. The Hall–Kier alpha value is -1.52. The molecule has 2 unspecified atom stereocenters. The van der Waals surface area contributed by atoms with Gasteiger partial charge in [-0.05, 0) is 25.7 Å². The Bertz CT molecular complexity index is 441. The minimum Gasteiger partial charge on any atom is -0.396 e. The summed E-state index contributed by atoms with van der Waals surface area (Å²) >= 11 is 0. The molecule has 0 saturated heterocycles. The second kappa shape index (κ2) is 6.08. The predicted octanol–water partition coefficient (Wildman–Crippen LogP) is 2.18. The number of nitrogen functional groups attached to an aromatic ring is 1. The molecule has 0 bridgehead atoms. The first-order valence-electron chi connectivity index (χ1n) is 7.25. The standard InChI is InChI=1S/C14H24N4O/c1-3-18-9-11(15)13(17-18)14(19)16-12-8-6-4-5-7-10(12)2/h9-10,12H,3-8,15H2,1-2H3,(H,16,19). The maximum absolute atomic E-state index is 12.3. The summed E-state index contributed by atoms with van der Waals surface area (Å²) in [7, 11) is 0. The lowest BCUT2D eigenvalue weighted by atomic mass is 9.97. The Morgan fingerprint density at radius 1 is 1.47 bits per heavy atom. The zero-order valence-electron chi connectivity index (χ0n) is 11.9. The highest BCUT2D eigenvalue weighted by Crippen LogP contribution is 2.23. The largest absolute Gasteiger partial charge is 0.396 e. The van der Waals surface area contributed by atoms with Gasteiger partial charge in [0.05, 0.1) is 5.69 Å². The van der Waals surface area contributed by atoms with Crippen molar-refractivity contribution in [2.45, 2.75) is 58.5 Å². The summed E-state index contributed by atoms with van der Waals surface area (Å²) < 4.78 is 1.70. The van der Waals surface area contributed by atoms with Crippen molar-refractivity contribution >= 4 is 11.6 Å². The summed E-state index contributed by atoms with van der Waals surface area (Å²) in [4.78, 5) is 12.3. The number of aryl methyl sites for hydroxylation is 1. The van der Waals surface area contributed by atoms with Crippen LogP contribution in [0.3, 0.4) is 0 Å². The van der Waals surface area contributed by atoms with E-state index in [2.05, 4.69) is 17.3 Å². The number of hydrogen-bond acceptors (Lipinski definition) is 3. The zero-order valence-corrected chi connectivity index (χ0v) is 11.9. The molecule has 0 spiro atoms. The van der Waals surface area contributed by atoms with Crippen LogP contribution in [0.1, 0.15) is 56.4 Å². The van der Waals surface area contributed by atoms with Crippen molar-refractivity contribution in [2.75, 3.05) is 5.73 Å². The molecule has 3 N–H and O–H groups in total. The number of nitrogens with zero attached hydrogens (tertiary/aromatic N) is 2. The van der Waals surface area contributed by atoms with Crippen LogP contribution in [0, 0.1) is 5.92 Å². The quantitative estimate of drug-likeness (QED) is 0.822. The number of carbonyl (C=O) groups excluding carboxylic acids is 1. The fourth-order valence-electron chi connectivity index (χ4n) is 2.72. The monoisotopic (exact) mass is 264 g/mol. The van der Waals surface area contributed by atoms with Gasteiger partial charge < -0.3 is 11.1 Å². The number of anilines is 1. The van der Waals surface area contributed by atoms with Gasteiger partial charge in [-0.15, -0.1) is 0 Å². The van der Waals surface area contributed by atoms with Crippen LogP contribution in [0.15, 0.2) is 6.20 Å². The van der Waals surface area contributed by atoms with Gasteiger partial charge in [0.15, 0.2) is 5.69 Å². The molecule has 0 aliphatic heterocycles. The summed E-state index contributed by atoms with van der Waals surface area (Å²) in [6.45, 7) is 4.91. The van der Waals surface area contributed by atoms with E-state index in [1.54, 1.807) is 10.9 Å². The number of aromatic nitrogens is 2. The Kier molecular flexibility index (Phi) is 4.45. The number of nitrogens with one attached hydrogen (secondary N) is 1. The average molecular weight is 264 g/mol. The third kappa shape index (κ3) is 3.28. The summed E-state index contributed by atoms with van der Waals surface area (Å²) in [5, 5.41) is 7.33. The summed E-state index contributed by atoms with van der Waals surface area (Å²) in [5.74, 6) is 0.393. The Morgan fingerprint density at radius 3 is 2.89 bits per heavy atom. The lowest BCUT2D eigenvalue weighted by Crippen LogP contribution is -2.39.